The SMILES string of the molecule is O=C(Cc1cnccn1)N1CCN(C(=O)c2cc3cc(OCc4cccc(F)c4)ccc3s2)CC1. The predicted molar refractivity (Wildman–Crippen MR) is 131 cm³/mol. The third-order valence-corrected chi connectivity index (χ3v) is 6.97. The van der Waals surface area contributed by atoms with Gasteiger partial charge in [0.2, 0.25) is 5.91 Å². The Kier molecular flexibility index (Phi) is 6.67. The third kappa shape index (κ3) is 5.46. The second-order valence-corrected chi connectivity index (χ2v) is 9.36. The Morgan fingerprint density at radius 1 is 1.00 bits per heavy atom. The number of carbonyl (C=O) groups is 2. The number of halogens is 1. The molecule has 1 fully saturated rings. The van der Waals surface area contributed by atoms with Crippen LogP contribution in [0.1, 0.15) is 20.9 Å². The van der Waals surface area contributed by atoms with Crippen LogP contribution in [0.25, 0.3) is 10.1 Å². The minimum atomic E-state index is -0.293. The summed E-state index contributed by atoms with van der Waals surface area (Å²) in [5, 5.41) is 0.924. The predicted octanol–water partition coefficient (Wildman–Crippen LogP) is 3.94. The van der Waals surface area contributed by atoms with Crippen LogP contribution >= 0.6 is 11.3 Å². The molecule has 1 aliphatic rings. The summed E-state index contributed by atoms with van der Waals surface area (Å²) in [7, 11) is 0. The molecule has 1 saturated heterocycles. The van der Waals surface area contributed by atoms with Crippen molar-refractivity contribution in [3.8, 4) is 5.75 Å². The molecule has 0 atom stereocenters. The molecule has 0 bridgehead atoms. The van der Waals surface area contributed by atoms with E-state index in [1.165, 1.54) is 23.5 Å². The van der Waals surface area contributed by atoms with Gasteiger partial charge in [-0.1, -0.05) is 12.1 Å². The number of fused-ring (bicyclic) bond motifs is 1. The molecule has 2 aromatic heterocycles. The van der Waals surface area contributed by atoms with E-state index in [2.05, 4.69) is 9.97 Å². The molecule has 7 nitrogen and oxygen atoms in total. The van der Waals surface area contributed by atoms with E-state index in [0.29, 0.717) is 42.5 Å². The Bertz CT molecular complexity index is 1350. The van der Waals surface area contributed by atoms with Gasteiger partial charge in [-0.15, -0.1) is 11.3 Å². The van der Waals surface area contributed by atoms with Gasteiger partial charge in [-0.05, 0) is 47.3 Å². The number of carbonyl (C=O) groups excluding carboxylic acids is 2. The average Bonchev–Trinajstić information content (AvgIpc) is 3.31. The lowest BCUT2D eigenvalue weighted by atomic mass is 10.2. The number of rotatable bonds is 6. The average molecular weight is 491 g/mol. The first-order valence-corrected chi connectivity index (χ1v) is 12.1. The van der Waals surface area contributed by atoms with Crippen molar-refractivity contribution in [2.24, 2.45) is 0 Å². The van der Waals surface area contributed by atoms with Crippen LogP contribution in [-0.4, -0.2) is 57.8 Å². The van der Waals surface area contributed by atoms with Crippen molar-refractivity contribution in [1.82, 2.24) is 19.8 Å². The Labute approximate surface area is 205 Å². The molecule has 0 unspecified atom stereocenters. The van der Waals surface area contributed by atoms with Crippen LogP contribution in [0.4, 0.5) is 4.39 Å². The summed E-state index contributed by atoms with van der Waals surface area (Å²) in [5.41, 5.74) is 1.39. The van der Waals surface area contributed by atoms with E-state index in [4.69, 9.17) is 4.74 Å². The second kappa shape index (κ2) is 10.2. The molecular formula is C26H23FN4O3S. The van der Waals surface area contributed by atoms with E-state index in [0.717, 1.165) is 15.6 Å². The summed E-state index contributed by atoms with van der Waals surface area (Å²) in [4.78, 5) is 38.0. The molecule has 9 heteroatoms. The maximum atomic E-state index is 13.4. The van der Waals surface area contributed by atoms with Gasteiger partial charge in [-0.2, -0.15) is 0 Å². The number of ether oxygens (including phenoxy) is 1. The molecule has 1 aliphatic heterocycles. The molecule has 3 heterocycles. The standard InChI is InChI=1S/C26H23FN4O3S/c27-20-3-1-2-18(12-20)17-34-22-4-5-23-19(13-22)14-24(35-23)26(33)31-10-8-30(9-11-31)25(32)15-21-16-28-6-7-29-21/h1-7,12-14,16H,8-11,15,17H2. The highest BCUT2D eigenvalue weighted by Gasteiger charge is 2.26. The zero-order chi connectivity index (χ0) is 24.2. The Hall–Kier alpha value is -3.85. The Morgan fingerprint density at radius 3 is 2.60 bits per heavy atom. The highest BCUT2D eigenvalue weighted by atomic mass is 32.1. The topological polar surface area (TPSA) is 75.6 Å². The fourth-order valence-corrected chi connectivity index (χ4v) is 5.02. The minimum Gasteiger partial charge on any atom is -0.489 e. The number of nitrogens with zero attached hydrogens (tertiary/aromatic N) is 4. The van der Waals surface area contributed by atoms with Gasteiger partial charge >= 0.3 is 0 Å². The van der Waals surface area contributed by atoms with Crippen molar-refractivity contribution in [2.45, 2.75) is 13.0 Å². The van der Waals surface area contributed by atoms with Gasteiger partial charge in [0.05, 0.1) is 17.0 Å². The maximum Gasteiger partial charge on any atom is 0.264 e. The number of benzene rings is 2. The number of piperazine rings is 1. The second-order valence-electron chi connectivity index (χ2n) is 8.28. The minimum absolute atomic E-state index is 0.00904. The van der Waals surface area contributed by atoms with Crippen LogP contribution in [-0.2, 0) is 17.8 Å². The van der Waals surface area contributed by atoms with E-state index in [-0.39, 0.29) is 30.7 Å². The molecule has 5 rings (SSSR count). The highest BCUT2D eigenvalue weighted by molar-refractivity contribution is 7.20. The molecule has 0 saturated carbocycles. The quantitative estimate of drug-likeness (QED) is 0.409. The fourth-order valence-electron chi connectivity index (χ4n) is 4.01. The molecule has 0 N–H and O–H groups in total. The first-order valence-electron chi connectivity index (χ1n) is 11.3. The number of thiophene rings is 1. The summed E-state index contributed by atoms with van der Waals surface area (Å²) >= 11 is 1.44. The zero-order valence-corrected chi connectivity index (χ0v) is 19.7. The molecule has 2 amide bonds. The highest BCUT2D eigenvalue weighted by Crippen LogP contribution is 2.30. The van der Waals surface area contributed by atoms with E-state index < -0.39 is 0 Å². The van der Waals surface area contributed by atoms with Crippen molar-refractivity contribution < 1.29 is 18.7 Å². The number of amides is 2. The largest absolute Gasteiger partial charge is 0.489 e. The lowest BCUT2D eigenvalue weighted by Crippen LogP contribution is -2.50. The van der Waals surface area contributed by atoms with E-state index in [1.807, 2.05) is 30.3 Å². The van der Waals surface area contributed by atoms with Crippen molar-refractivity contribution in [3.05, 3.63) is 89.1 Å². The van der Waals surface area contributed by atoms with Gasteiger partial charge in [0.15, 0.2) is 0 Å². The summed E-state index contributed by atoms with van der Waals surface area (Å²) in [6, 6.07) is 13.9. The molecule has 2 aromatic carbocycles. The number of hydrogen-bond donors (Lipinski definition) is 0. The van der Waals surface area contributed by atoms with Gasteiger partial charge in [0, 0.05) is 49.5 Å². The molecule has 178 valence electrons. The van der Waals surface area contributed by atoms with Gasteiger partial charge < -0.3 is 14.5 Å². The lowest BCUT2D eigenvalue weighted by Gasteiger charge is -2.34. The summed E-state index contributed by atoms with van der Waals surface area (Å²) < 4.78 is 20.2. The fraction of sp³-hybridized carbons (Fsp3) is 0.231. The molecule has 35 heavy (non-hydrogen) atoms. The molecular weight excluding hydrogens is 467 g/mol. The number of hydrogen-bond acceptors (Lipinski definition) is 6. The summed E-state index contributed by atoms with van der Waals surface area (Å²) in [5.74, 6) is 0.326. The van der Waals surface area contributed by atoms with Crippen molar-refractivity contribution in [1.29, 1.82) is 0 Å². The van der Waals surface area contributed by atoms with Crippen LogP contribution in [0.2, 0.25) is 0 Å². The van der Waals surface area contributed by atoms with Crippen LogP contribution < -0.4 is 4.74 Å². The lowest BCUT2D eigenvalue weighted by molar-refractivity contribution is -0.132. The van der Waals surface area contributed by atoms with Gasteiger partial charge in [0.1, 0.15) is 18.2 Å². The molecule has 0 spiro atoms. The van der Waals surface area contributed by atoms with Crippen molar-refractivity contribution in [2.75, 3.05) is 26.2 Å². The molecule has 4 aromatic rings. The first kappa shape index (κ1) is 22.9. The summed E-state index contributed by atoms with van der Waals surface area (Å²) in [6.07, 6.45) is 4.95. The monoisotopic (exact) mass is 490 g/mol. The smallest absolute Gasteiger partial charge is 0.264 e. The number of aromatic nitrogens is 2. The van der Waals surface area contributed by atoms with Gasteiger partial charge in [0.25, 0.3) is 5.91 Å². The normalized spacial score (nSPS) is 13.7. The Morgan fingerprint density at radius 2 is 1.83 bits per heavy atom. The summed E-state index contributed by atoms with van der Waals surface area (Å²) in [6.45, 7) is 2.23. The Balaban J connectivity index is 1.19. The van der Waals surface area contributed by atoms with Crippen LogP contribution in [0.15, 0.2) is 67.1 Å². The third-order valence-electron chi connectivity index (χ3n) is 5.86. The van der Waals surface area contributed by atoms with Gasteiger partial charge in [-0.25, -0.2) is 4.39 Å². The van der Waals surface area contributed by atoms with Crippen LogP contribution in [0, 0.1) is 5.82 Å². The molecule has 0 aliphatic carbocycles. The first-order chi connectivity index (χ1) is 17.0. The van der Waals surface area contributed by atoms with Crippen molar-refractivity contribution >= 4 is 33.2 Å². The van der Waals surface area contributed by atoms with E-state index >= 15 is 0 Å². The van der Waals surface area contributed by atoms with Gasteiger partial charge in [-0.3, -0.25) is 19.6 Å². The molecule has 0 radical (unpaired) electrons. The van der Waals surface area contributed by atoms with Crippen LogP contribution in [0.3, 0.4) is 0 Å². The maximum absolute atomic E-state index is 13.4. The van der Waals surface area contributed by atoms with E-state index in [9.17, 15) is 14.0 Å². The van der Waals surface area contributed by atoms with E-state index in [1.54, 1.807) is 34.5 Å². The van der Waals surface area contributed by atoms with Crippen LogP contribution in [0.5, 0.6) is 5.75 Å². The zero-order valence-electron chi connectivity index (χ0n) is 18.9. The van der Waals surface area contributed by atoms with Crippen molar-refractivity contribution in [3.63, 3.8) is 0 Å².